The zero-order valence-electron chi connectivity index (χ0n) is 10.8. The van der Waals surface area contributed by atoms with Crippen molar-refractivity contribution in [3.8, 4) is 0 Å². The van der Waals surface area contributed by atoms with Crippen LogP contribution in [-0.2, 0) is 0 Å². The summed E-state index contributed by atoms with van der Waals surface area (Å²) in [4.78, 5) is 5.15. The van der Waals surface area contributed by atoms with Gasteiger partial charge in [0, 0.05) is 38.8 Å². The van der Waals surface area contributed by atoms with Crippen LogP contribution in [0.4, 0.5) is 0 Å². The molecule has 96 valence electrons. The van der Waals surface area contributed by atoms with Gasteiger partial charge in [0.25, 0.3) is 0 Å². The molecule has 1 aliphatic rings. The second kappa shape index (κ2) is 8.34. The highest BCUT2D eigenvalue weighted by Crippen LogP contribution is 2.11. The molecule has 0 bridgehead atoms. The highest BCUT2D eigenvalue weighted by molar-refractivity contribution is 7.98. The van der Waals surface area contributed by atoms with Gasteiger partial charge in [0.05, 0.1) is 0 Å². The molecule has 0 aliphatic carbocycles. The average molecular weight is 245 g/mol. The Labute approximate surface area is 105 Å². The number of nitrogens with zero attached hydrogens (tertiary/aromatic N) is 2. The van der Waals surface area contributed by atoms with Gasteiger partial charge in [-0.25, -0.2) is 0 Å². The lowest BCUT2D eigenvalue weighted by molar-refractivity contribution is 0.0974. The predicted octanol–water partition coefficient (Wildman–Crippen LogP) is 1.09. The summed E-state index contributed by atoms with van der Waals surface area (Å²) < 4.78 is 0. The standard InChI is InChI=1S/C12H27N3S/c1-3-5-14-6-8-15(9-7-14)12(11-13)4-10-16-2/h12H,3-11,13H2,1-2H3. The molecule has 0 amide bonds. The summed E-state index contributed by atoms with van der Waals surface area (Å²) in [6.45, 7) is 9.19. The van der Waals surface area contributed by atoms with Crippen molar-refractivity contribution < 1.29 is 0 Å². The zero-order chi connectivity index (χ0) is 11.8. The van der Waals surface area contributed by atoms with Crippen LogP contribution in [0.15, 0.2) is 0 Å². The predicted molar refractivity (Wildman–Crippen MR) is 74.1 cm³/mol. The minimum Gasteiger partial charge on any atom is -0.329 e. The first-order valence-electron chi connectivity index (χ1n) is 6.47. The van der Waals surface area contributed by atoms with Gasteiger partial charge in [0.1, 0.15) is 0 Å². The summed E-state index contributed by atoms with van der Waals surface area (Å²) in [6.07, 6.45) is 4.69. The molecule has 0 aromatic heterocycles. The molecule has 1 saturated heterocycles. The highest BCUT2D eigenvalue weighted by Gasteiger charge is 2.21. The fourth-order valence-electron chi connectivity index (χ4n) is 2.37. The third-order valence-corrected chi connectivity index (χ3v) is 4.03. The smallest absolute Gasteiger partial charge is 0.0227 e. The van der Waals surface area contributed by atoms with Gasteiger partial charge in [0.15, 0.2) is 0 Å². The van der Waals surface area contributed by atoms with Crippen LogP contribution >= 0.6 is 11.8 Å². The van der Waals surface area contributed by atoms with E-state index in [0.717, 1.165) is 6.54 Å². The van der Waals surface area contributed by atoms with Gasteiger partial charge >= 0.3 is 0 Å². The molecule has 1 heterocycles. The van der Waals surface area contributed by atoms with Crippen molar-refractivity contribution in [2.45, 2.75) is 25.8 Å². The van der Waals surface area contributed by atoms with Crippen LogP contribution in [-0.4, -0.2) is 67.1 Å². The second-order valence-corrected chi connectivity index (χ2v) is 5.53. The number of piperazine rings is 1. The third kappa shape index (κ3) is 4.62. The number of rotatable bonds is 7. The summed E-state index contributed by atoms with van der Waals surface area (Å²) in [5, 5.41) is 0. The molecule has 0 aromatic carbocycles. The molecular formula is C12H27N3S. The van der Waals surface area contributed by atoms with Crippen molar-refractivity contribution >= 4 is 11.8 Å². The third-order valence-electron chi connectivity index (χ3n) is 3.39. The molecule has 4 heteroatoms. The van der Waals surface area contributed by atoms with Crippen molar-refractivity contribution in [3.05, 3.63) is 0 Å². The first kappa shape index (κ1) is 14.3. The molecule has 1 fully saturated rings. The van der Waals surface area contributed by atoms with E-state index in [1.165, 1.54) is 51.3 Å². The molecule has 16 heavy (non-hydrogen) atoms. The maximum absolute atomic E-state index is 5.87. The molecule has 0 aromatic rings. The Morgan fingerprint density at radius 3 is 2.44 bits per heavy atom. The van der Waals surface area contributed by atoms with E-state index in [0.29, 0.717) is 6.04 Å². The Morgan fingerprint density at radius 2 is 1.94 bits per heavy atom. The van der Waals surface area contributed by atoms with Crippen LogP contribution in [0.5, 0.6) is 0 Å². The maximum Gasteiger partial charge on any atom is 0.0227 e. The Balaban J connectivity index is 2.27. The SMILES string of the molecule is CCCN1CCN(C(CN)CCSC)CC1. The molecule has 0 radical (unpaired) electrons. The van der Waals surface area contributed by atoms with Gasteiger partial charge in [-0.15, -0.1) is 0 Å². The second-order valence-electron chi connectivity index (χ2n) is 4.55. The molecule has 3 nitrogen and oxygen atoms in total. The van der Waals surface area contributed by atoms with Gasteiger partial charge in [-0.3, -0.25) is 4.90 Å². The normalized spacial score (nSPS) is 21.2. The summed E-state index contributed by atoms with van der Waals surface area (Å²) in [5.74, 6) is 1.23. The van der Waals surface area contributed by atoms with E-state index in [1.807, 2.05) is 11.8 Å². The summed E-state index contributed by atoms with van der Waals surface area (Å²) in [6, 6.07) is 0.608. The van der Waals surface area contributed by atoms with Crippen LogP contribution in [0.25, 0.3) is 0 Å². The Morgan fingerprint density at radius 1 is 1.25 bits per heavy atom. The molecule has 1 atom stereocenters. The van der Waals surface area contributed by atoms with Gasteiger partial charge in [-0.1, -0.05) is 6.92 Å². The highest BCUT2D eigenvalue weighted by atomic mass is 32.2. The lowest BCUT2D eigenvalue weighted by Gasteiger charge is -2.39. The summed E-state index contributed by atoms with van der Waals surface area (Å²) >= 11 is 1.93. The fraction of sp³-hybridized carbons (Fsp3) is 1.00. The lowest BCUT2D eigenvalue weighted by Crippen LogP contribution is -2.52. The van der Waals surface area contributed by atoms with Crippen molar-refractivity contribution in [3.63, 3.8) is 0 Å². The van der Waals surface area contributed by atoms with Crippen LogP contribution in [0, 0.1) is 0 Å². The Bertz CT molecular complexity index is 170. The van der Waals surface area contributed by atoms with Crippen molar-refractivity contribution in [1.82, 2.24) is 9.80 Å². The molecule has 0 spiro atoms. The largest absolute Gasteiger partial charge is 0.329 e. The molecule has 1 aliphatic heterocycles. The number of hydrogen-bond acceptors (Lipinski definition) is 4. The van der Waals surface area contributed by atoms with Crippen LogP contribution in [0.3, 0.4) is 0 Å². The maximum atomic E-state index is 5.87. The minimum absolute atomic E-state index is 0.608. The lowest BCUT2D eigenvalue weighted by atomic mass is 10.1. The first-order chi connectivity index (χ1) is 7.81. The molecule has 1 rings (SSSR count). The fourth-order valence-corrected chi connectivity index (χ4v) is 2.88. The van der Waals surface area contributed by atoms with Gasteiger partial charge < -0.3 is 10.6 Å². The summed E-state index contributed by atoms with van der Waals surface area (Å²) in [7, 11) is 0. The van der Waals surface area contributed by atoms with E-state index >= 15 is 0 Å². The van der Waals surface area contributed by atoms with E-state index in [4.69, 9.17) is 5.73 Å². The Hall–Kier alpha value is 0.230. The molecule has 1 unspecified atom stereocenters. The first-order valence-corrected chi connectivity index (χ1v) is 7.86. The van der Waals surface area contributed by atoms with Crippen molar-refractivity contribution in [2.75, 3.05) is 51.3 Å². The molecule has 2 N–H and O–H groups in total. The number of hydrogen-bond donors (Lipinski definition) is 1. The van der Waals surface area contributed by atoms with Crippen LogP contribution in [0.1, 0.15) is 19.8 Å². The van der Waals surface area contributed by atoms with Gasteiger partial charge in [-0.05, 0) is 31.4 Å². The number of thioether (sulfide) groups is 1. The zero-order valence-corrected chi connectivity index (χ0v) is 11.6. The average Bonchev–Trinajstić information content (AvgIpc) is 2.32. The van der Waals surface area contributed by atoms with Crippen molar-refractivity contribution in [2.24, 2.45) is 5.73 Å². The summed E-state index contributed by atoms with van der Waals surface area (Å²) in [5.41, 5.74) is 5.87. The Kier molecular flexibility index (Phi) is 7.45. The van der Waals surface area contributed by atoms with Crippen LogP contribution < -0.4 is 5.73 Å². The monoisotopic (exact) mass is 245 g/mol. The molecule has 0 saturated carbocycles. The van der Waals surface area contributed by atoms with Gasteiger partial charge in [-0.2, -0.15) is 11.8 Å². The quantitative estimate of drug-likeness (QED) is 0.728. The minimum atomic E-state index is 0.608. The van der Waals surface area contributed by atoms with E-state index in [9.17, 15) is 0 Å². The van der Waals surface area contributed by atoms with E-state index in [2.05, 4.69) is 23.0 Å². The van der Waals surface area contributed by atoms with Gasteiger partial charge in [0.2, 0.25) is 0 Å². The number of nitrogens with two attached hydrogens (primary N) is 1. The van der Waals surface area contributed by atoms with Crippen LogP contribution in [0.2, 0.25) is 0 Å². The topological polar surface area (TPSA) is 32.5 Å². The molecular weight excluding hydrogens is 218 g/mol. The van der Waals surface area contributed by atoms with E-state index in [-0.39, 0.29) is 0 Å². The van der Waals surface area contributed by atoms with E-state index in [1.54, 1.807) is 0 Å². The van der Waals surface area contributed by atoms with E-state index < -0.39 is 0 Å². The van der Waals surface area contributed by atoms with Crippen molar-refractivity contribution in [1.29, 1.82) is 0 Å².